The average Bonchev–Trinajstić information content (AvgIpc) is 3.16. The highest BCUT2D eigenvalue weighted by Gasteiger charge is 2.10. The van der Waals surface area contributed by atoms with Gasteiger partial charge in [-0.2, -0.15) is 0 Å². The summed E-state index contributed by atoms with van der Waals surface area (Å²) >= 11 is 4.62. The van der Waals surface area contributed by atoms with E-state index < -0.39 is 0 Å². The fourth-order valence-corrected chi connectivity index (χ4v) is 3.62. The van der Waals surface area contributed by atoms with E-state index in [0.717, 1.165) is 14.9 Å². The minimum atomic E-state index is -0.272. The monoisotopic (exact) mass is 459 g/mol. The van der Waals surface area contributed by atoms with Crippen LogP contribution >= 0.6 is 27.3 Å². The number of pyridine rings is 1. The third kappa shape index (κ3) is 6.17. The molecule has 1 aromatic carbocycles. The predicted octanol–water partition coefficient (Wildman–Crippen LogP) is 3.53. The van der Waals surface area contributed by atoms with Gasteiger partial charge in [0.15, 0.2) is 0 Å². The van der Waals surface area contributed by atoms with E-state index in [1.165, 1.54) is 11.3 Å². The second-order valence-corrected chi connectivity index (χ2v) is 8.30. The van der Waals surface area contributed by atoms with Crippen LogP contribution in [0, 0.1) is 0 Å². The molecule has 0 radical (unpaired) electrons. The molecular formula is C20H18BrN3O3S. The first kappa shape index (κ1) is 20.0. The summed E-state index contributed by atoms with van der Waals surface area (Å²) in [6.45, 7) is 0.661. The molecule has 3 rings (SSSR count). The van der Waals surface area contributed by atoms with Crippen molar-refractivity contribution in [2.45, 2.75) is 13.2 Å². The van der Waals surface area contributed by atoms with Gasteiger partial charge in [0.05, 0.1) is 15.2 Å². The zero-order valence-electron chi connectivity index (χ0n) is 14.9. The molecule has 6 nitrogen and oxygen atoms in total. The van der Waals surface area contributed by atoms with Crippen molar-refractivity contribution >= 4 is 39.1 Å². The molecule has 0 saturated heterocycles. The van der Waals surface area contributed by atoms with Gasteiger partial charge < -0.3 is 15.4 Å². The van der Waals surface area contributed by atoms with E-state index in [0.29, 0.717) is 23.9 Å². The molecule has 0 aliphatic rings. The Kier molecular flexibility index (Phi) is 7.16. The first-order chi connectivity index (χ1) is 13.6. The Morgan fingerprint density at radius 2 is 1.86 bits per heavy atom. The molecule has 0 saturated carbocycles. The van der Waals surface area contributed by atoms with Crippen LogP contribution in [0.5, 0.6) is 5.88 Å². The van der Waals surface area contributed by atoms with Crippen LogP contribution in [0.2, 0.25) is 0 Å². The Hall–Kier alpha value is -2.71. The quantitative estimate of drug-likeness (QED) is 0.539. The molecule has 0 spiro atoms. The topological polar surface area (TPSA) is 80.3 Å². The highest BCUT2D eigenvalue weighted by Crippen LogP contribution is 2.21. The highest BCUT2D eigenvalue weighted by atomic mass is 79.9. The van der Waals surface area contributed by atoms with Crippen LogP contribution < -0.4 is 15.4 Å². The fourth-order valence-electron chi connectivity index (χ4n) is 2.32. The number of rotatable bonds is 8. The molecule has 28 heavy (non-hydrogen) atoms. The minimum absolute atomic E-state index is 0.0865. The SMILES string of the molecule is O=C(CNC(=O)c1ccc(Br)s1)NCc1ccnc(OCc2ccccc2)c1. The summed E-state index contributed by atoms with van der Waals surface area (Å²) < 4.78 is 6.55. The van der Waals surface area contributed by atoms with E-state index in [2.05, 4.69) is 31.5 Å². The summed E-state index contributed by atoms with van der Waals surface area (Å²) in [4.78, 5) is 28.7. The van der Waals surface area contributed by atoms with Crippen molar-refractivity contribution in [3.05, 3.63) is 80.6 Å². The van der Waals surface area contributed by atoms with Gasteiger partial charge in [-0.1, -0.05) is 30.3 Å². The van der Waals surface area contributed by atoms with E-state index in [9.17, 15) is 9.59 Å². The lowest BCUT2D eigenvalue weighted by Gasteiger charge is -2.09. The van der Waals surface area contributed by atoms with Gasteiger partial charge in [0.25, 0.3) is 5.91 Å². The number of nitrogens with zero attached hydrogens (tertiary/aromatic N) is 1. The normalized spacial score (nSPS) is 10.3. The van der Waals surface area contributed by atoms with Crippen molar-refractivity contribution in [1.29, 1.82) is 0 Å². The molecule has 0 bridgehead atoms. The standard InChI is InChI=1S/C20H18BrN3O3S/c21-17-7-6-16(28-17)20(26)24-12-18(25)23-11-15-8-9-22-19(10-15)27-13-14-4-2-1-3-5-14/h1-10H,11-13H2,(H,23,25)(H,24,26). The number of benzene rings is 1. The summed E-state index contributed by atoms with van der Waals surface area (Å²) in [5.41, 5.74) is 1.91. The van der Waals surface area contributed by atoms with Crippen molar-refractivity contribution in [3.8, 4) is 5.88 Å². The van der Waals surface area contributed by atoms with Crippen molar-refractivity contribution in [1.82, 2.24) is 15.6 Å². The van der Waals surface area contributed by atoms with E-state index in [1.54, 1.807) is 30.5 Å². The number of ether oxygens (including phenoxy) is 1. The van der Waals surface area contributed by atoms with Gasteiger partial charge in [0, 0.05) is 18.8 Å². The lowest BCUT2D eigenvalue weighted by Crippen LogP contribution is -2.36. The Bertz CT molecular complexity index is 947. The summed E-state index contributed by atoms with van der Waals surface area (Å²) in [6.07, 6.45) is 1.64. The van der Waals surface area contributed by atoms with Crippen molar-refractivity contribution in [3.63, 3.8) is 0 Å². The Labute approximate surface area is 175 Å². The number of halogens is 1. The number of aromatic nitrogens is 1. The Balaban J connectivity index is 1.43. The van der Waals surface area contributed by atoms with Gasteiger partial charge in [-0.25, -0.2) is 4.98 Å². The van der Waals surface area contributed by atoms with Crippen molar-refractivity contribution in [2.75, 3.05) is 6.54 Å². The first-order valence-electron chi connectivity index (χ1n) is 8.52. The number of nitrogens with one attached hydrogen (secondary N) is 2. The number of amides is 2. The van der Waals surface area contributed by atoms with Crippen LogP contribution in [0.1, 0.15) is 20.8 Å². The molecule has 0 aliphatic heterocycles. The van der Waals surface area contributed by atoms with Gasteiger partial charge >= 0.3 is 0 Å². The molecule has 0 atom stereocenters. The third-order valence-corrected chi connectivity index (χ3v) is 5.35. The molecule has 2 N–H and O–H groups in total. The zero-order valence-corrected chi connectivity index (χ0v) is 17.3. The van der Waals surface area contributed by atoms with Gasteiger partial charge in [-0.15, -0.1) is 11.3 Å². The lowest BCUT2D eigenvalue weighted by molar-refractivity contribution is -0.120. The van der Waals surface area contributed by atoms with Gasteiger partial charge in [-0.05, 0) is 45.3 Å². The van der Waals surface area contributed by atoms with E-state index in [-0.39, 0.29) is 18.4 Å². The highest BCUT2D eigenvalue weighted by molar-refractivity contribution is 9.11. The second-order valence-electron chi connectivity index (χ2n) is 5.84. The van der Waals surface area contributed by atoms with Crippen molar-refractivity contribution in [2.24, 2.45) is 0 Å². The maximum Gasteiger partial charge on any atom is 0.261 e. The second kappa shape index (κ2) is 10.0. The Morgan fingerprint density at radius 3 is 2.61 bits per heavy atom. The largest absolute Gasteiger partial charge is 0.473 e. The van der Waals surface area contributed by atoms with Gasteiger partial charge in [-0.3, -0.25) is 9.59 Å². The number of carbonyl (C=O) groups is 2. The maximum absolute atomic E-state index is 12.0. The molecule has 144 valence electrons. The fraction of sp³-hybridized carbons (Fsp3) is 0.150. The third-order valence-electron chi connectivity index (χ3n) is 3.72. The van der Waals surface area contributed by atoms with Crippen molar-refractivity contribution < 1.29 is 14.3 Å². The smallest absolute Gasteiger partial charge is 0.261 e. The average molecular weight is 460 g/mol. The number of hydrogen-bond donors (Lipinski definition) is 2. The van der Waals surface area contributed by atoms with Crippen LogP contribution in [-0.4, -0.2) is 23.3 Å². The predicted molar refractivity (Wildman–Crippen MR) is 111 cm³/mol. The van der Waals surface area contributed by atoms with Gasteiger partial charge in [0.1, 0.15) is 6.61 Å². The van der Waals surface area contributed by atoms with E-state index in [1.807, 2.05) is 30.3 Å². The zero-order chi connectivity index (χ0) is 19.8. The molecule has 0 unspecified atom stereocenters. The van der Waals surface area contributed by atoms with Crippen LogP contribution in [0.15, 0.2) is 64.6 Å². The van der Waals surface area contributed by atoms with Crippen LogP contribution in [0.4, 0.5) is 0 Å². The van der Waals surface area contributed by atoms with Crippen LogP contribution in [0.25, 0.3) is 0 Å². The molecule has 2 amide bonds. The molecule has 3 aromatic rings. The van der Waals surface area contributed by atoms with Gasteiger partial charge in [0.2, 0.25) is 11.8 Å². The number of thiophene rings is 1. The molecule has 0 fully saturated rings. The maximum atomic E-state index is 12.0. The summed E-state index contributed by atoms with van der Waals surface area (Å²) in [5, 5.41) is 5.37. The number of carbonyl (C=O) groups excluding carboxylic acids is 2. The molecule has 2 aromatic heterocycles. The molecular weight excluding hydrogens is 442 g/mol. The van der Waals surface area contributed by atoms with Crippen LogP contribution in [-0.2, 0) is 17.9 Å². The number of hydrogen-bond acceptors (Lipinski definition) is 5. The first-order valence-corrected chi connectivity index (χ1v) is 10.1. The summed E-state index contributed by atoms with van der Waals surface area (Å²) in [6, 6.07) is 16.9. The van der Waals surface area contributed by atoms with Crippen LogP contribution in [0.3, 0.4) is 0 Å². The molecule has 2 heterocycles. The van der Waals surface area contributed by atoms with E-state index in [4.69, 9.17) is 4.74 Å². The minimum Gasteiger partial charge on any atom is -0.473 e. The lowest BCUT2D eigenvalue weighted by atomic mass is 10.2. The summed E-state index contributed by atoms with van der Waals surface area (Å²) in [7, 11) is 0. The molecule has 0 aliphatic carbocycles. The Morgan fingerprint density at radius 1 is 1.04 bits per heavy atom. The van der Waals surface area contributed by atoms with E-state index >= 15 is 0 Å². The molecule has 8 heteroatoms. The summed E-state index contributed by atoms with van der Waals surface area (Å²) in [5.74, 6) is -0.0499.